The van der Waals surface area contributed by atoms with E-state index in [1.165, 1.54) is 37.3 Å². The molecule has 1 heterocycles. The van der Waals surface area contributed by atoms with Crippen LogP contribution in [0, 0.1) is 6.92 Å². The Bertz CT molecular complexity index is 1230. The standard InChI is InChI=1S/C27H28F3NO3S/c1-16(2)23-22(35-24(31-23)19-10-12-20(13-11-19)27(28,29)30)8-6-7-18-9-14-21(17(3)15-18)34-26(4,5)25(32)33/h6-7,9-16H,8H2,1-5H3,(H,32,33). The number of rotatable bonds is 8. The molecule has 3 rings (SSSR count). The Morgan fingerprint density at radius 3 is 2.34 bits per heavy atom. The van der Waals surface area contributed by atoms with Crippen LogP contribution < -0.4 is 4.74 Å². The van der Waals surface area contributed by atoms with Crippen molar-refractivity contribution in [3.63, 3.8) is 0 Å². The van der Waals surface area contributed by atoms with Gasteiger partial charge in [-0.2, -0.15) is 13.2 Å². The smallest absolute Gasteiger partial charge is 0.416 e. The van der Waals surface area contributed by atoms with Gasteiger partial charge < -0.3 is 9.84 Å². The molecule has 8 heteroatoms. The molecule has 0 aliphatic heterocycles. The summed E-state index contributed by atoms with van der Waals surface area (Å²) in [6.45, 7) is 8.95. The number of ether oxygens (including phenoxy) is 1. The first-order chi connectivity index (χ1) is 16.3. The molecule has 0 fully saturated rings. The molecule has 35 heavy (non-hydrogen) atoms. The van der Waals surface area contributed by atoms with E-state index in [-0.39, 0.29) is 5.92 Å². The molecule has 0 bridgehead atoms. The lowest BCUT2D eigenvalue weighted by Crippen LogP contribution is -2.38. The van der Waals surface area contributed by atoms with Crippen LogP contribution >= 0.6 is 11.3 Å². The van der Waals surface area contributed by atoms with Gasteiger partial charge in [0.25, 0.3) is 0 Å². The van der Waals surface area contributed by atoms with E-state index in [0.717, 1.165) is 33.8 Å². The van der Waals surface area contributed by atoms with E-state index in [2.05, 4.69) is 0 Å². The molecule has 0 radical (unpaired) electrons. The second kappa shape index (κ2) is 10.2. The number of aromatic nitrogens is 1. The molecule has 0 aliphatic rings. The number of carboxylic acids is 1. The van der Waals surface area contributed by atoms with Gasteiger partial charge in [0.05, 0.1) is 11.3 Å². The SMILES string of the molecule is Cc1cc(C=CCc2sc(-c3ccc(C(F)(F)F)cc3)nc2C(C)C)ccc1OC(C)(C)C(=O)O. The summed E-state index contributed by atoms with van der Waals surface area (Å²) in [6, 6.07) is 10.6. The number of thiazole rings is 1. The fourth-order valence-corrected chi connectivity index (χ4v) is 4.59. The second-order valence-electron chi connectivity index (χ2n) is 9.11. The fraction of sp³-hybridized carbons (Fsp3) is 0.333. The zero-order chi connectivity index (χ0) is 26.0. The largest absolute Gasteiger partial charge is 0.478 e. The number of benzene rings is 2. The third-order valence-electron chi connectivity index (χ3n) is 5.43. The molecule has 1 aromatic heterocycles. The highest BCUT2D eigenvalue weighted by atomic mass is 32.1. The number of hydrogen-bond acceptors (Lipinski definition) is 4. The first-order valence-electron chi connectivity index (χ1n) is 11.1. The van der Waals surface area contributed by atoms with Crippen LogP contribution in [0.3, 0.4) is 0 Å². The Kier molecular flexibility index (Phi) is 7.74. The predicted molar refractivity (Wildman–Crippen MR) is 133 cm³/mol. The van der Waals surface area contributed by atoms with Crippen LogP contribution in [-0.4, -0.2) is 21.7 Å². The van der Waals surface area contributed by atoms with E-state index in [4.69, 9.17) is 9.72 Å². The van der Waals surface area contributed by atoms with E-state index in [1.54, 1.807) is 6.07 Å². The number of alkyl halides is 3. The zero-order valence-corrected chi connectivity index (χ0v) is 21.1. The summed E-state index contributed by atoms with van der Waals surface area (Å²) in [5.41, 5.74) is 1.37. The summed E-state index contributed by atoms with van der Waals surface area (Å²) in [5, 5.41) is 9.97. The van der Waals surface area contributed by atoms with Crippen molar-refractivity contribution in [3.05, 3.63) is 75.8 Å². The number of aryl methyl sites for hydroxylation is 1. The lowest BCUT2D eigenvalue weighted by Gasteiger charge is -2.22. The Balaban J connectivity index is 1.77. The highest BCUT2D eigenvalue weighted by molar-refractivity contribution is 7.15. The summed E-state index contributed by atoms with van der Waals surface area (Å²) >= 11 is 1.48. The number of carboxylic acid groups (broad SMARTS) is 1. The van der Waals surface area contributed by atoms with Crippen LogP contribution in [-0.2, 0) is 17.4 Å². The summed E-state index contributed by atoms with van der Waals surface area (Å²) in [5.74, 6) is -0.351. The Morgan fingerprint density at radius 1 is 1.14 bits per heavy atom. The van der Waals surface area contributed by atoms with Crippen molar-refractivity contribution in [2.24, 2.45) is 0 Å². The number of allylic oxidation sites excluding steroid dienone is 1. The lowest BCUT2D eigenvalue weighted by molar-refractivity contribution is -0.152. The molecule has 0 spiro atoms. The molecule has 0 amide bonds. The second-order valence-corrected chi connectivity index (χ2v) is 10.2. The van der Waals surface area contributed by atoms with E-state index < -0.39 is 23.3 Å². The topological polar surface area (TPSA) is 59.4 Å². The quantitative estimate of drug-likeness (QED) is 0.341. The van der Waals surface area contributed by atoms with Gasteiger partial charge in [0.1, 0.15) is 10.8 Å². The molecule has 0 unspecified atom stereocenters. The average Bonchev–Trinajstić information content (AvgIpc) is 3.19. The van der Waals surface area contributed by atoms with E-state index >= 15 is 0 Å². The number of carbonyl (C=O) groups is 1. The molecule has 2 aromatic carbocycles. The highest BCUT2D eigenvalue weighted by Gasteiger charge is 2.31. The molecule has 0 atom stereocenters. The molecular formula is C27H28F3NO3S. The third kappa shape index (κ3) is 6.51. The Morgan fingerprint density at radius 2 is 1.80 bits per heavy atom. The van der Waals surface area contributed by atoms with Gasteiger partial charge in [-0.05, 0) is 62.1 Å². The summed E-state index contributed by atoms with van der Waals surface area (Å²) in [6.07, 6.45) is 0.262. The molecule has 0 aliphatic carbocycles. The fourth-order valence-electron chi connectivity index (χ4n) is 3.40. The monoisotopic (exact) mass is 503 g/mol. The number of nitrogens with zero attached hydrogens (tertiary/aromatic N) is 1. The first-order valence-corrected chi connectivity index (χ1v) is 12.0. The van der Waals surface area contributed by atoms with Gasteiger partial charge in [-0.15, -0.1) is 11.3 Å². The normalized spacial score (nSPS) is 12.5. The van der Waals surface area contributed by atoms with Crippen molar-refractivity contribution in [1.82, 2.24) is 4.98 Å². The Labute approximate surface area is 207 Å². The van der Waals surface area contributed by atoms with Crippen molar-refractivity contribution in [1.29, 1.82) is 0 Å². The zero-order valence-electron chi connectivity index (χ0n) is 20.2. The predicted octanol–water partition coefficient (Wildman–Crippen LogP) is 7.76. The van der Waals surface area contributed by atoms with Gasteiger partial charge in [-0.1, -0.05) is 44.2 Å². The average molecular weight is 504 g/mol. The maximum absolute atomic E-state index is 12.9. The van der Waals surface area contributed by atoms with Crippen molar-refractivity contribution in [3.8, 4) is 16.3 Å². The summed E-state index contributed by atoms with van der Waals surface area (Å²) in [7, 11) is 0. The van der Waals surface area contributed by atoms with Crippen molar-refractivity contribution in [2.75, 3.05) is 0 Å². The van der Waals surface area contributed by atoms with Crippen LogP contribution in [0.2, 0.25) is 0 Å². The molecule has 186 valence electrons. The minimum atomic E-state index is -4.37. The summed E-state index contributed by atoms with van der Waals surface area (Å²) in [4.78, 5) is 17.1. The van der Waals surface area contributed by atoms with Gasteiger partial charge in [-0.25, -0.2) is 9.78 Å². The van der Waals surface area contributed by atoms with Gasteiger partial charge in [0, 0.05) is 16.9 Å². The molecule has 4 nitrogen and oxygen atoms in total. The highest BCUT2D eigenvalue weighted by Crippen LogP contribution is 2.35. The van der Waals surface area contributed by atoms with E-state index in [1.807, 2.05) is 45.1 Å². The molecule has 3 aromatic rings. The molecule has 0 saturated heterocycles. The maximum Gasteiger partial charge on any atom is 0.416 e. The number of hydrogen-bond donors (Lipinski definition) is 1. The van der Waals surface area contributed by atoms with Crippen molar-refractivity contribution in [2.45, 2.75) is 58.7 Å². The van der Waals surface area contributed by atoms with Crippen LogP contribution in [0.25, 0.3) is 16.6 Å². The summed E-state index contributed by atoms with van der Waals surface area (Å²) < 4.78 is 44.3. The van der Waals surface area contributed by atoms with Crippen LogP contribution in [0.5, 0.6) is 5.75 Å². The molecule has 1 N–H and O–H groups in total. The van der Waals surface area contributed by atoms with Gasteiger partial charge >= 0.3 is 12.1 Å². The van der Waals surface area contributed by atoms with Crippen LogP contribution in [0.15, 0.2) is 48.5 Å². The minimum Gasteiger partial charge on any atom is -0.478 e. The lowest BCUT2D eigenvalue weighted by atomic mass is 10.1. The van der Waals surface area contributed by atoms with Crippen LogP contribution in [0.1, 0.15) is 60.9 Å². The van der Waals surface area contributed by atoms with Gasteiger partial charge in [0.15, 0.2) is 5.60 Å². The number of halogens is 3. The minimum absolute atomic E-state index is 0.175. The van der Waals surface area contributed by atoms with Crippen molar-refractivity contribution >= 4 is 23.4 Å². The van der Waals surface area contributed by atoms with E-state index in [9.17, 15) is 23.1 Å². The van der Waals surface area contributed by atoms with Gasteiger partial charge in [0.2, 0.25) is 0 Å². The van der Waals surface area contributed by atoms with Crippen molar-refractivity contribution < 1.29 is 27.8 Å². The van der Waals surface area contributed by atoms with Gasteiger partial charge in [-0.3, -0.25) is 0 Å². The number of aliphatic carboxylic acids is 1. The maximum atomic E-state index is 12.9. The van der Waals surface area contributed by atoms with Crippen LogP contribution in [0.4, 0.5) is 13.2 Å². The third-order valence-corrected chi connectivity index (χ3v) is 6.57. The van der Waals surface area contributed by atoms with E-state index in [0.29, 0.717) is 22.7 Å². The first kappa shape index (κ1) is 26.5. The Hall–Kier alpha value is -3.13. The molecular weight excluding hydrogens is 475 g/mol. The molecule has 0 saturated carbocycles.